The van der Waals surface area contributed by atoms with Crippen LogP contribution in [-0.4, -0.2) is 30.9 Å². The van der Waals surface area contributed by atoms with Crippen LogP contribution >= 0.6 is 57.7 Å². The van der Waals surface area contributed by atoms with Gasteiger partial charge < -0.3 is 18.9 Å². The smallest absolute Gasteiger partial charge is 0.337 e. The molecule has 1 aliphatic rings. The van der Waals surface area contributed by atoms with Gasteiger partial charge in [-0.3, -0.25) is 9.36 Å². The van der Waals surface area contributed by atoms with Crippen LogP contribution in [0.25, 0.3) is 6.08 Å². The lowest BCUT2D eigenvalue weighted by atomic mass is 9.97. The number of ether oxygens (including phenoxy) is 4. The molecule has 1 atom stereocenters. The average molecular weight is 708 g/mol. The maximum absolute atomic E-state index is 14.1. The van der Waals surface area contributed by atoms with Gasteiger partial charge in [0.15, 0.2) is 16.3 Å². The molecule has 1 aliphatic heterocycles. The third kappa shape index (κ3) is 7.03. The van der Waals surface area contributed by atoms with Crippen LogP contribution < -0.4 is 29.1 Å². The predicted octanol–water partition coefficient (Wildman–Crippen LogP) is 7.01. The molecule has 1 aromatic heterocycles. The number of methoxy groups -OCH3 is 1. The summed E-state index contributed by atoms with van der Waals surface area (Å²) in [6, 6.07) is 12.7. The van der Waals surface area contributed by atoms with Crippen molar-refractivity contribution in [3.05, 3.63) is 117 Å². The maximum atomic E-state index is 14.1. The normalized spacial score (nSPS) is 14.3. The number of carbonyl (C=O) groups excluding carboxylic acids is 1. The van der Waals surface area contributed by atoms with Crippen molar-refractivity contribution in [2.75, 3.05) is 20.3 Å². The zero-order valence-corrected chi connectivity index (χ0v) is 28.1. The lowest BCUT2D eigenvalue weighted by Gasteiger charge is -2.23. The number of thiazole rings is 1. The Morgan fingerprint density at radius 2 is 1.67 bits per heavy atom. The van der Waals surface area contributed by atoms with Crippen molar-refractivity contribution in [3.8, 4) is 17.2 Å². The van der Waals surface area contributed by atoms with E-state index in [1.807, 2.05) is 13.8 Å². The zero-order chi connectivity index (χ0) is 32.2. The summed E-state index contributed by atoms with van der Waals surface area (Å²) in [5.41, 5.74) is 1.54. The van der Waals surface area contributed by atoms with Crippen LogP contribution in [0.4, 0.5) is 0 Å². The van der Waals surface area contributed by atoms with Crippen LogP contribution in [0.2, 0.25) is 20.1 Å². The highest BCUT2D eigenvalue weighted by atomic mass is 35.5. The van der Waals surface area contributed by atoms with E-state index in [0.717, 1.165) is 11.3 Å². The van der Waals surface area contributed by atoms with Crippen molar-refractivity contribution in [1.82, 2.24) is 4.57 Å². The van der Waals surface area contributed by atoms with Crippen molar-refractivity contribution in [2.24, 2.45) is 4.99 Å². The molecule has 0 N–H and O–H groups in total. The van der Waals surface area contributed by atoms with E-state index in [-0.39, 0.29) is 17.2 Å². The summed E-state index contributed by atoms with van der Waals surface area (Å²) in [5.74, 6) is 0.710. The first-order valence-electron chi connectivity index (χ1n) is 13.7. The Morgan fingerprint density at radius 1 is 0.933 bits per heavy atom. The fourth-order valence-electron chi connectivity index (χ4n) is 4.76. The minimum Gasteiger partial charge on any atom is -0.490 e. The number of nitrogens with zero attached hydrogens (tertiary/aromatic N) is 2. The standard InChI is InChI=1S/C32H26Cl4N2O6S/c1-4-42-25-9-7-17(11-26(25)43-5-2)28-22(31(40)41-3)15-37-32-38(28)30(39)27(45-32)12-19-10-21(34)14-24(36)29(19)44-16-18-6-8-20(33)13-23(18)35/h6-15,28H,4-5,16H2,1-3H3/b27-12+/t28-/m0/s1. The van der Waals surface area contributed by atoms with Gasteiger partial charge in [-0.05, 0) is 61.9 Å². The second-order valence-corrected chi connectivity index (χ2v) is 12.3. The molecule has 234 valence electrons. The van der Waals surface area contributed by atoms with E-state index in [4.69, 9.17) is 65.4 Å². The zero-order valence-electron chi connectivity index (χ0n) is 24.2. The van der Waals surface area contributed by atoms with E-state index in [0.29, 0.717) is 71.6 Å². The molecular weight excluding hydrogens is 682 g/mol. The summed E-state index contributed by atoms with van der Waals surface area (Å²) in [7, 11) is 1.27. The number of aromatic nitrogens is 1. The maximum Gasteiger partial charge on any atom is 0.337 e. The largest absolute Gasteiger partial charge is 0.490 e. The van der Waals surface area contributed by atoms with Crippen molar-refractivity contribution >= 4 is 69.8 Å². The van der Waals surface area contributed by atoms with Crippen LogP contribution in [0.1, 0.15) is 36.6 Å². The van der Waals surface area contributed by atoms with Crippen molar-refractivity contribution in [3.63, 3.8) is 0 Å². The molecule has 0 saturated carbocycles. The summed E-state index contributed by atoms with van der Waals surface area (Å²) >= 11 is 26.4. The van der Waals surface area contributed by atoms with Crippen LogP contribution in [0, 0.1) is 0 Å². The van der Waals surface area contributed by atoms with Crippen molar-refractivity contribution in [1.29, 1.82) is 0 Å². The van der Waals surface area contributed by atoms with Crippen molar-refractivity contribution in [2.45, 2.75) is 26.5 Å². The summed E-state index contributed by atoms with van der Waals surface area (Å²) < 4.78 is 24.4. The van der Waals surface area contributed by atoms with Gasteiger partial charge in [-0.25, -0.2) is 9.79 Å². The first-order chi connectivity index (χ1) is 21.6. The number of fused-ring (bicyclic) bond motifs is 1. The lowest BCUT2D eigenvalue weighted by Crippen LogP contribution is -2.39. The monoisotopic (exact) mass is 706 g/mol. The Hall–Kier alpha value is -3.47. The Morgan fingerprint density at radius 3 is 2.38 bits per heavy atom. The van der Waals surface area contributed by atoms with E-state index in [1.54, 1.807) is 54.6 Å². The Bertz CT molecular complexity index is 1990. The average Bonchev–Trinajstić information content (AvgIpc) is 3.32. The molecule has 0 spiro atoms. The fraction of sp³-hybridized carbons (Fsp3) is 0.219. The van der Waals surface area contributed by atoms with E-state index in [1.165, 1.54) is 17.9 Å². The van der Waals surface area contributed by atoms with Gasteiger partial charge in [0, 0.05) is 32.4 Å². The van der Waals surface area contributed by atoms with Gasteiger partial charge in [-0.2, -0.15) is 0 Å². The molecule has 0 radical (unpaired) electrons. The minimum atomic E-state index is -0.851. The third-order valence-electron chi connectivity index (χ3n) is 6.72. The molecule has 45 heavy (non-hydrogen) atoms. The molecule has 3 aromatic carbocycles. The highest BCUT2D eigenvalue weighted by Gasteiger charge is 2.31. The van der Waals surface area contributed by atoms with Crippen LogP contribution in [0.3, 0.4) is 0 Å². The molecule has 2 heterocycles. The molecule has 13 heteroatoms. The second kappa shape index (κ2) is 14.3. The number of hydrogen-bond donors (Lipinski definition) is 0. The van der Waals surface area contributed by atoms with E-state index < -0.39 is 17.6 Å². The first kappa shape index (κ1) is 32.9. The predicted molar refractivity (Wildman–Crippen MR) is 177 cm³/mol. The molecule has 4 aromatic rings. The van der Waals surface area contributed by atoms with Crippen LogP contribution in [0.5, 0.6) is 17.2 Å². The number of hydrogen-bond acceptors (Lipinski definition) is 8. The molecule has 0 saturated heterocycles. The van der Waals surface area contributed by atoms with E-state index >= 15 is 0 Å². The molecular formula is C32H26Cl4N2O6S. The Kier molecular flexibility index (Phi) is 10.5. The van der Waals surface area contributed by atoms with Gasteiger partial charge in [0.25, 0.3) is 5.56 Å². The molecule has 0 amide bonds. The summed E-state index contributed by atoms with van der Waals surface area (Å²) in [6.07, 6.45) is 3.05. The quantitative estimate of drug-likeness (QED) is 0.165. The van der Waals surface area contributed by atoms with Gasteiger partial charge in [-0.1, -0.05) is 69.9 Å². The number of benzene rings is 3. The lowest BCUT2D eigenvalue weighted by molar-refractivity contribution is -0.136. The number of esters is 1. The Balaban J connectivity index is 1.62. The summed E-state index contributed by atoms with van der Waals surface area (Å²) in [6.45, 7) is 4.64. The Labute approximate surface area is 282 Å². The fourth-order valence-corrected chi connectivity index (χ4v) is 6.74. The van der Waals surface area contributed by atoms with Crippen LogP contribution in [-0.2, 0) is 16.1 Å². The minimum absolute atomic E-state index is 0.0852. The van der Waals surface area contributed by atoms with Gasteiger partial charge in [0.05, 0.1) is 41.5 Å². The number of carbonyl (C=O) groups is 1. The van der Waals surface area contributed by atoms with Crippen LogP contribution in [0.15, 0.2) is 70.1 Å². The van der Waals surface area contributed by atoms with E-state index in [2.05, 4.69) is 4.99 Å². The third-order valence-corrected chi connectivity index (χ3v) is 8.80. The SMILES string of the molecule is CCOc1ccc([C@H]2C(C(=O)OC)=CN=c3s/c(=C/c4cc(Cl)cc(Cl)c4OCc4ccc(Cl)cc4Cl)c(=O)n32)cc1OCC. The molecule has 0 aliphatic carbocycles. The molecule has 0 unspecified atom stereocenters. The van der Waals surface area contributed by atoms with Gasteiger partial charge in [-0.15, -0.1) is 0 Å². The summed E-state index contributed by atoms with van der Waals surface area (Å²) in [4.78, 5) is 31.8. The molecule has 0 bridgehead atoms. The molecule has 8 nitrogen and oxygen atoms in total. The first-order valence-corrected chi connectivity index (χ1v) is 16.0. The van der Waals surface area contributed by atoms with Gasteiger partial charge >= 0.3 is 5.97 Å². The number of rotatable bonds is 10. The number of halogens is 4. The topological polar surface area (TPSA) is 88.4 Å². The van der Waals surface area contributed by atoms with Crippen molar-refractivity contribution < 1.29 is 23.7 Å². The molecule has 5 rings (SSSR count). The highest BCUT2D eigenvalue weighted by molar-refractivity contribution is 7.07. The van der Waals surface area contributed by atoms with Gasteiger partial charge in [0.1, 0.15) is 12.4 Å². The highest BCUT2D eigenvalue weighted by Crippen LogP contribution is 2.36. The summed E-state index contributed by atoms with van der Waals surface area (Å²) in [5, 5.41) is 1.53. The van der Waals surface area contributed by atoms with E-state index in [9.17, 15) is 9.59 Å². The molecule has 0 fully saturated rings. The van der Waals surface area contributed by atoms with Gasteiger partial charge in [0.2, 0.25) is 0 Å². The second-order valence-electron chi connectivity index (χ2n) is 9.58.